The molecule has 0 aliphatic carbocycles. The Hall–Kier alpha value is -0.960. The molecule has 0 heterocycles. The maximum absolute atomic E-state index is 12.3. The lowest BCUT2D eigenvalue weighted by atomic mass is 10.2. The number of benzene rings is 1. The van der Waals surface area contributed by atoms with Crippen LogP contribution in [0.5, 0.6) is 0 Å². The van der Waals surface area contributed by atoms with Gasteiger partial charge in [0.25, 0.3) is 0 Å². The molecule has 2 N–H and O–H groups in total. The second-order valence-electron chi connectivity index (χ2n) is 3.85. The second kappa shape index (κ2) is 6.47. The first kappa shape index (κ1) is 16.1. The minimum atomic E-state index is -3.79. The highest BCUT2D eigenvalue weighted by Crippen LogP contribution is 2.25. The Bertz CT molecular complexity index is 572. The summed E-state index contributed by atoms with van der Waals surface area (Å²) in [6, 6.07) is 3.81. The van der Waals surface area contributed by atoms with Crippen molar-refractivity contribution in [2.24, 2.45) is 0 Å². The lowest BCUT2D eigenvalue weighted by molar-refractivity contribution is 0.0696. The third-order valence-corrected chi connectivity index (χ3v) is 5.35. The van der Waals surface area contributed by atoms with Crippen LogP contribution in [-0.2, 0) is 10.0 Å². The fourth-order valence-corrected chi connectivity index (χ4v) is 3.57. The van der Waals surface area contributed by atoms with Gasteiger partial charge in [-0.25, -0.2) is 17.5 Å². The first-order valence-corrected chi connectivity index (χ1v) is 7.64. The zero-order valence-electron chi connectivity index (χ0n) is 10.2. The number of aromatic carboxylic acids is 1. The van der Waals surface area contributed by atoms with Crippen LogP contribution in [0.2, 0.25) is 0 Å². The van der Waals surface area contributed by atoms with Crippen molar-refractivity contribution in [2.75, 3.05) is 20.2 Å². The summed E-state index contributed by atoms with van der Waals surface area (Å²) in [5.74, 6) is -1.19. The van der Waals surface area contributed by atoms with E-state index in [9.17, 15) is 13.2 Å². The Kier molecular flexibility index (Phi) is 5.48. The fraction of sp³-hybridized carbons (Fsp3) is 0.364. The van der Waals surface area contributed by atoms with Crippen molar-refractivity contribution in [1.82, 2.24) is 4.31 Å². The van der Waals surface area contributed by atoms with Gasteiger partial charge in [0.05, 0.1) is 10.5 Å². The Morgan fingerprint density at radius 1 is 1.42 bits per heavy atom. The highest BCUT2D eigenvalue weighted by molar-refractivity contribution is 9.10. The van der Waals surface area contributed by atoms with Gasteiger partial charge in [0.2, 0.25) is 10.0 Å². The summed E-state index contributed by atoms with van der Waals surface area (Å²) in [6.07, 6.45) is 0.311. The summed E-state index contributed by atoms with van der Waals surface area (Å²) in [6.45, 7) is 0.0404. The first-order valence-electron chi connectivity index (χ1n) is 5.40. The molecule has 0 aliphatic heterocycles. The van der Waals surface area contributed by atoms with E-state index in [1.165, 1.54) is 19.2 Å². The van der Waals surface area contributed by atoms with Crippen molar-refractivity contribution in [3.63, 3.8) is 0 Å². The Morgan fingerprint density at radius 2 is 2.05 bits per heavy atom. The van der Waals surface area contributed by atoms with Gasteiger partial charge in [0.1, 0.15) is 0 Å². The van der Waals surface area contributed by atoms with Gasteiger partial charge in [-0.15, -0.1) is 0 Å². The monoisotopic (exact) mass is 351 g/mol. The van der Waals surface area contributed by atoms with E-state index in [2.05, 4.69) is 15.9 Å². The van der Waals surface area contributed by atoms with E-state index in [4.69, 9.17) is 10.2 Å². The van der Waals surface area contributed by atoms with Crippen LogP contribution >= 0.6 is 15.9 Å². The summed E-state index contributed by atoms with van der Waals surface area (Å²) >= 11 is 3.10. The molecule has 0 aromatic heterocycles. The van der Waals surface area contributed by atoms with Gasteiger partial charge in [0, 0.05) is 24.7 Å². The zero-order chi connectivity index (χ0) is 14.6. The summed E-state index contributed by atoms with van der Waals surface area (Å²) in [4.78, 5) is 10.8. The topological polar surface area (TPSA) is 94.9 Å². The van der Waals surface area contributed by atoms with Gasteiger partial charge < -0.3 is 10.2 Å². The van der Waals surface area contributed by atoms with Crippen LogP contribution in [0.1, 0.15) is 16.8 Å². The molecule has 0 unspecified atom stereocenters. The molecule has 0 fully saturated rings. The van der Waals surface area contributed by atoms with Gasteiger partial charge in [-0.1, -0.05) is 0 Å². The van der Waals surface area contributed by atoms with Gasteiger partial charge >= 0.3 is 5.97 Å². The normalized spacial score (nSPS) is 11.8. The van der Waals surface area contributed by atoms with Crippen molar-refractivity contribution in [3.05, 3.63) is 28.2 Å². The number of sulfonamides is 1. The number of carboxylic acid groups (broad SMARTS) is 1. The standard InChI is InChI=1S/C11H14BrNO5S/c1-13(5-2-6-14)19(17,18)10-7-8(11(15)16)3-4-9(10)12/h3-4,7,14H,2,5-6H2,1H3,(H,15,16). The van der Waals surface area contributed by atoms with Gasteiger partial charge in [-0.05, 0) is 40.5 Å². The minimum Gasteiger partial charge on any atom is -0.478 e. The molecule has 1 aromatic carbocycles. The Morgan fingerprint density at radius 3 is 2.58 bits per heavy atom. The van der Waals surface area contributed by atoms with E-state index >= 15 is 0 Å². The van der Waals surface area contributed by atoms with Crippen LogP contribution in [0.25, 0.3) is 0 Å². The summed E-state index contributed by atoms with van der Waals surface area (Å²) in [5, 5.41) is 17.6. The van der Waals surface area contributed by atoms with E-state index in [1.54, 1.807) is 0 Å². The van der Waals surface area contributed by atoms with E-state index in [1.807, 2.05) is 0 Å². The zero-order valence-corrected chi connectivity index (χ0v) is 12.6. The number of rotatable bonds is 6. The summed E-state index contributed by atoms with van der Waals surface area (Å²) in [7, 11) is -2.41. The molecule has 0 saturated heterocycles. The van der Waals surface area contributed by atoms with Gasteiger partial charge in [-0.2, -0.15) is 0 Å². The molecular weight excluding hydrogens is 338 g/mol. The SMILES string of the molecule is CN(CCCO)S(=O)(=O)c1cc(C(=O)O)ccc1Br. The molecule has 0 saturated carbocycles. The molecule has 0 radical (unpaired) electrons. The largest absolute Gasteiger partial charge is 0.478 e. The van der Waals surface area contributed by atoms with Crippen LogP contribution in [0.15, 0.2) is 27.6 Å². The van der Waals surface area contributed by atoms with Crippen LogP contribution < -0.4 is 0 Å². The average molecular weight is 352 g/mol. The molecule has 19 heavy (non-hydrogen) atoms. The molecule has 1 aromatic rings. The number of aliphatic hydroxyl groups excluding tert-OH is 1. The Labute approximate surface area is 119 Å². The second-order valence-corrected chi connectivity index (χ2v) is 6.72. The highest BCUT2D eigenvalue weighted by Gasteiger charge is 2.24. The third kappa shape index (κ3) is 3.75. The quantitative estimate of drug-likeness (QED) is 0.801. The number of carboxylic acids is 1. The maximum atomic E-state index is 12.3. The molecule has 0 atom stereocenters. The number of nitrogens with zero attached hydrogens (tertiary/aromatic N) is 1. The molecule has 0 spiro atoms. The predicted octanol–water partition coefficient (Wildman–Crippen LogP) is 1.15. The molecule has 1 rings (SSSR count). The van der Waals surface area contributed by atoms with E-state index < -0.39 is 16.0 Å². The van der Waals surface area contributed by atoms with Crippen molar-refractivity contribution < 1.29 is 23.4 Å². The molecule has 0 bridgehead atoms. The smallest absolute Gasteiger partial charge is 0.335 e. The minimum absolute atomic E-state index is 0.0997. The molecule has 6 nitrogen and oxygen atoms in total. The Balaban J connectivity index is 3.20. The van der Waals surface area contributed by atoms with Gasteiger partial charge in [0.15, 0.2) is 0 Å². The van der Waals surface area contributed by atoms with Crippen molar-refractivity contribution in [2.45, 2.75) is 11.3 Å². The van der Waals surface area contributed by atoms with E-state index in [-0.39, 0.29) is 23.6 Å². The molecular formula is C11H14BrNO5S. The maximum Gasteiger partial charge on any atom is 0.335 e. The van der Waals surface area contributed by atoms with Crippen molar-refractivity contribution >= 4 is 31.9 Å². The van der Waals surface area contributed by atoms with Crippen LogP contribution in [0.3, 0.4) is 0 Å². The average Bonchev–Trinajstić information content (AvgIpc) is 2.35. The molecule has 0 aliphatic rings. The van der Waals surface area contributed by atoms with E-state index in [0.29, 0.717) is 10.9 Å². The predicted molar refractivity (Wildman–Crippen MR) is 72.6 cm³/mol. The van der Waals surface area contributed by atoms with Crippen molar-refractivity contribution in [3.8, 4) is 0 Å². The number of carbonyl (C=O) groups is 1. The van der Waals surface area contributed by atoms with Crippen LogP contribution in [0.4, 0.5) is 0 Å². The highest BCUT2D eigenvalue weighted by atomic mass is 79.9. The number of halogens is 1. The van der Waals surface area contributed by atoms with Crippen molar-refractivity contribution in [1.29, 1.82) is 0 Å². The number of hydrogen-bond donors (Lipinski definition) is 2. The van der Waals surface area contributed by atoms with E-state index in [0.717, 1.165) is 10.4 Å². The molecule has 0 amide bonds. The molecule has 106 valence electrons. The van der Waals surface area contributed by atoms with Gasteiger partial charge in [-0.3, -0.25) is 0 Å². The third-order valence-electron chi connectivity index (χ3n) is 2.50. The van der Waals surface area contributed by atoms with Crippen LogP contribution in [0, 0.1) is 0 Å². The number of hydrogen-bond acceptors (Lipinski definition) is 4. The van der Waals surface area contributed by atoms with Crippen LogP contribution in [-0.4, -0.2) is 49.1 Å². The summed E-state index contributed by atoms with van der Waals surface area (Å²) in [5.41, 5.74) is -0.0997. The lowest BCUT2D eigenvalue weighted by Gasteiger charge is -2.17. The lowest BCUT2D eigenvalue weighted by Crippen LogP contribution is -2.29. The first-order chi connectivity index (χ1) is 8.80. The summed E-state index contributed by atoms with van der Waals surface area (Å²) < 4.78 is 25.9. The molecule has 8 heteroatoms. The number of aliphatic hydroxyl groups is 1. The fourth-order valence-electron chi connectivity index (χ4n) is 1.42.